The summed E-state index contributed by atoms with van der Waals surface area (Å²) in [5.41, 5.74) is 7.84. The van der Waals surface area contributed by atoms with Gasteiger partial charge in [0.15, 0.2) is 6.10 Å². The second-order valence-corrected chi connectivity index (χ2v) is 11.1. The van der Waals surface area contributed by atoms with Gasteiger partial charge in [0.25, 0.3) is 0 Å². The molecule has 9 nitrogen and oxygen atoms in total. The maximum atomic E-state index is 13.6. The molecule has 0 aliphatic carbocycles. The summed E-state index contributed by atoms with van der Waals surface area (Å²) in [7, 11) is 0. The second kappa shape index (κ2) is 10.5. The molecule has 2 amide bonds. The Bertz CT molecular complexity index is 1040. The topological polar surface area (TPSA) is 135 Å². The summed E-state index contributed by atoms with van der Waals surface area (Å²) in [6.45, 7) is 13.7. The van der Waals surface area contributed by atoms with Crippen molar-refractivity contribution in [2.45, 2.75) is 91.1 Å². The fourth-order valence-corrected chi connectivity index (χ4v) is 4.15. The smallest absolute Gasteiger partial charge is 0.247 e. The predicted octanol–water partition coefficient (Wildman–Crippen LogP) is 2.48. The lowest BCUT2D eigenvalue weighted by Gasteiger charge is -2.39. The van der Waals surface area contributed by atoms with Gasteiger partial charge in [0.1, 0.15) is 6.04 Å². The van der Waals surface area contributed by atoms with E-state index in [1.54, 1.807) is 4.90 Å². The number of nitrogens with zero attached hydrogens (tertiary/aromatic N) is 3. The highest BCUT2D eigenvalue weighted by Gasteiger charge is 2.39. The normalized spacial score (nSPS) is 18.8. The van der Waals surface area contributed by atoms with Gasteiger partial charge >= 0.3 is 0 Å². The van der Waals surface area contributed by atoms with Gasteiger partial charge < -0.3 is 25.5 Å². The third-order valence-corrected chi connectivity index (χ3v) is 6.54. The Morgan fingerprint density at radius 1 is 1.11 bits per heavy atom. The number of carbonyl (C=O) groups is 2. The minimum atomic E-state index is -1.19. The van der Waals surface area contributed by atoms with E-state index in [2.05, 4.69) is 15.5 Å². The molecule has 1 unspecified atom stereocenters. The van der Waals surface area contributed by atoms with Gasteiger partial charge in [-0.1, -0.05) is 72.7 Å². The number of rotatable bonds is 7. The Balaban J connectivity index is 1.87. The van der Waals surface area contributed by atoms with E-state index in [0.717, 1.165) is 11.1 Å². The van der Waals surface area contributed by atoms with Crippen molar-refractivity contribution in [3.63, 3.8) is 0 Å². The lowest BCUT2D eigenvalue weighted by Crippen LogP contribution is -2.59. The molecule has 35 heavy (non-hydrogen) atoms. The van der Waals surface area contributed by atoms with E-state index in [4.69, 9.17) is 10.2 Å². The van der Waals surface area contributed by atoms with Crippen LogP contribution in [0.25, 0.3) is 0 Å². The molecule has 192 valence electrons. The molecule has 2 heterocycles. The van der Waals surface area contributed by atoms with Crippen LogP contribution in [0.3, 0.4) is 0 Å². The monoisotopic (exact) mass is 485 g/mol. The molecule has 1 aromatic heterocycles. The van der Waals surface area contributed by atoms with Crippen molar-refractivity contribution in [2.24, 2.45) is 17.6 Å². The summed E-state index contributed by atoms with van der Waals surface area (Å²) >= 11 is 0. The largest absolute Gasteiger partial charge is 0.422 e. The minimum Gasteiger partial charge on any atom is -0.422 e. The zero-order valence-corrected chi connectivity index (χ0v) is 21.8. The van der Waals surface area contributed by atoms with Crippen LogP contribution in [0.4, 0.5) is 0 Å². The van der Waals surface area contributed by atoms with Crippen molar-refractivity contribution in [3.8, 4) is 0 Å². The summed E-state index contributed by atoms with van der Waals surface area (Å²) in [6, 6.07) is 5.64. The number of benzene rings is 1. The third kappa shape index (κ3) is 5.90. The average Bonchev–Trinajstić information content (AvgIpc) is 3.31. The van der Waals surface area contributed by atoms with E-state index in [1.807, 2.05) is 72.7 Å². The highest BCUT2D eigenvalue weighted by atomic mass is 16.4. The number of fused-ring (bicyclic) bond motifs is 1. The number of hydrogen-bond acceptors (Lipinski definition) is 7. The van der Waals surface area contributed by atoms with Crippen LogP contribution in [0, 0.1) is 11.8 Å². The number of hydrogen-bond donors (Lipinski definition) is 3. The van der Waals surface area contributed by atoms with Crippen molar-refractivity contribution in [2.75, 3.05) is 0 Å². The summed E-state index contributed by atoms with van der Waals surface area (Å²) < 4.78 is 5.73. The molecular weight excluding hydrogens is 446 g/mol. The Kier molecular flexibility index (Phi) is 8.01. The molecule has 1 aromatic carbocycles. The van der Waals surface area contributed by atoms with Crippen LogP contribution in [0.2, 0.25) is 0 Å². The highest BCUT2D eigenvalue weighted by Crippen LogP contribution is 2.28. The van der Waals surface area contributed by atoms with Crippen molar-refractivity contribution in [1.29, 1.82) is 0 Å². The number of aliphatic hydroxyl groups is 1. The first-order valence-corrected chi connectivity index (χ1v) is 12.3. The number of nitrogens with one attached hydrogen (secondary N) is 1. The first-order valence-electron chi connectivity index (χ1n) is 12.3. The van der Waals surface area contributed by atoms with E-state index in [0.29, 0.717) is 18.9 Å². The highest BCUT2D eigenvalue weighted by molar-refractivity contribution is 5.90. The number of nitrogens with two attached hydrogens (primary N) is 1. The van der Waals surface area contributed by atoms with Crippen LogP contribution in [-0.2, 0) is 28.0 Å². The van der Waals surface area contributed by atoms with E-state index in [9.17, 15) is 14.7 Å². The van der Waals surface area contributed by atoms with Gasteiger partial charge in [-0.15, -0.1) is 10.2 Å². The lowest BCUT2D eigenvalue weighted by atomic mass is 9.91. The molecule has 1 aliphatic rings. The van der Waals surface area contributed by atoms with Crippen LogP contribution in [0.1, 0.15) is 77.5 Å². The fourth-order valence-electron chi connectivity index (χ4n) is 4.15. The van der Waals surface area contributed by atoms with Crippen molar-refractivity contribution in [3.05, 3.63) is 47.2 Å². The minimum absolute atomic E-state index is 0.0534. The second-order valence-electron chi connectivity index (χ2n) is 11.1. The van der Waals surface area contributed by atoms with Gasteiger partial charge in [0, 0.05) is 18.4 Å². The Labute approximate surface area is 207 Å². The van der Waals surface area contributed by atoms with Crippen LogP contribution < -0.4 is 11.1 Å². The van der Waals surface area contributed by atoms with Gasteiger partial charge in [-0.3, -0.25) is 9.59 Å². The molecule has 9 heteroatoms. The predicted molar refractivity (Wildman–Crippen MR) is 132 cm³/mol. The maximum absolute atomic E-state index is 13.6. The van der Waals surface area contributed by atoms with E-state index in [1.165, 1.54) is 0 Å². The zero-order valence-electron chi connectivity index (χ0n) is 21.8. The van der Waals surface area contributed by atoms with Crippen molar-refractivity contribution >= 4 is 11.8 Å². The molecule has 0 bridgehead atoms. The Morgan fingerprint density at radius 2 is 1.74 bits per heavy atom. The quantitative estimate of drug-likeness (QED) is 0.548. The van der Waals surface area contributed by atoms with Gasteiger partial charge in [0.2, 0.25) is 23.6 Å². The fraction of sp³-hybridized carbons (Fsp3) is 0.615. The third-order valence-electron chi connectivity index (χ3n) is 6.54. The number of carbonyl (C=O) groups excluding carboxylic acids is 2. The average molecular weight is 486 g/mol. The van der Waals surface area contributed by atoms with Crippen LogP contribution in [0.5, 0.6) is 0 Å². The van der Waals surface area contributed by atoms with Gasteiger partial charge in [-0.2, -0.15) is 0 Å². The molecule has 4 atom stereocenters. The molecule has 0 spiro atoms. The van der Waals surface area contributed by atoms with Crippen molar-refractivity contribution < 1.29 is 19.1 Å². The van der Waals surface area contributed by atoms with E-state index in [-0.39, 0.29) is 35.0 Å². The first kappa shape index (κ1) is 26.8. The summed E-state index contributed by atoms with van der Waals surface area (Å²) in [5.74, 6) is -0.360. The maximum Gasteiger partial charge on any atom is 0.247 e. The number of aliphatic hydroxyl groups excluding tert-OH is 1. The summed E-state index contributed by atoms with van der Waals surface area (Å²) in [5, 5.41) is 22.1. The standard InChI is InChI=1S/C26H39N5O4/c1-14(2)19(27)24(34)31-13-17-11-9-8-10-16(17)12-18(31)22(33)28-20(15(3)4)21(32)23-29-30-25(35-23)26(5,6)7/h8-11,14-15,18-21,32H,12-13,27H2,1-7H3,(H,28,33)/t18-,19-,20-,21?/m0/s1. The molecular formula is C26H39N5O4. The summed E-state index contributed by atoms with van der Waals surface area (Å²) in [4.78, 5) is 28.4. The molecule has 0 fully saturated rings. The zero-order chi connectivity index (χ0) is 26.1. The van der Waals surface area contributed by atoms with Gasteiger partial charge in [0.05, 0.1) is 12.1 Å². The van der Waals surface area contributed by atoms with Crippen LogP contribution >= 0.6 is 0 Å². The first-order chi connectivity index (χ1) is 16.3. The molecule has 0 saturated carbocycles. The lowest BCUT2D eigenvalue weighted by molar-refractivity contribution is -0.144. The molecule has 2 aromatic rings. The van der Waals surface area contributed by atoms with Gasteiger partial charge in [-0.25, -0.2) is 0 Å². The number of aromatic nitrogens is 2. The molecule has 3 rings (SSSR count). The Hall–Kier alpha value is -2.78. The molecule has 0 saturated heterocycles. The molecule has 0 radical (unpaired) electrons. The Morgan fingerprint density at radius 3 is 2.29 bits per heavy atom. The number of amides is 2. The van der Waals surface area contributed by atoms with E-state index >= 15 is 0 Å². The van der Waals surface area contributed by atoms with Crippen LogP contribution in [0.15, 0.2) is 28.7 Å². The SMILES string of the molecule is CC(C)[C@H](NC(=O)[C@@H]1Cc2ccccc2CN1C(=O)[C@@H](N)C(C)C)C(O)c1nnc(C(C)(C)C)o1. The van der Waals surface area contributed by atoms with Crippen molar-refractivity contribution in [1.82, 2.24) is 20.4 Å². The van der Waals surface area contributed by atoms with E-state index < -0.39 is 24.2 Å². The molecule has 4 N–H and O–H groups in total. The summed E-state index contributed by atoms with van der Waals surface area (Å²) in [6.07, 6.45) is -0.825. The van der Waals surface area contributed by atoms with Gasteiger partial charge in [-0.05, 0) is 23.0 Å². The van der Waals surface area contributed by atoms with Crippen LogP contribution in [-0.4, -0.2) is 50.1 Å². The molecule has 1 aliphatic heterocycles.